The molecular weight excluding hydrogens is 206 g/mol. The van der Waals surface area contributed by atoms with Crippen LogP contribution in [0.3, 0.4) is 0 Å². The monoisotopic (exact) mass is 235 g/mol. The second kappa shape index (κ2) is 4.33. The van der Waals surface area contributed by atoms with Crippen LogP contribution in [-0.2, 0) is 7.05 Å². The first-order chi connectivity index (χ1) is 11.7. The molecule has 0 amide bonds. The van der Waals surface area contributed by atoms with E-state index in [2.05, 4.69) is 0 Å². The van der Waals surface area contributed by atoms with Gasteiger partial charge in [-0.2, -0.15) is 4.57 Å². The maximum atomic E-state index is 7.82. The van der Waals surface area contributed by atoms with Gasteiger partial charge in [0.15, 0.2) is 5.69 Å². The van der Waals surface area contributed by atoms with E-state index in [0.29, 0.717) is 5.56 Å². The molecule has 0 atom stereocenters. The zero-order valence-corrected chi connectivity index (χ0v) is 9.83. The van der Waals surface area contributed by atoms with Crippen LogP contribution in [0.25, 0.3) is 11.3 Å². The van der Waals surface area contributed by atoms with E-state index in [-0.39, 0.29) is 28.1 Å². The van der Waals surface area contributed by atoms with Gasteiger partial charge in [0.05, 0.1) is 5.56 Å². The summed E-state index contributed by atoms with van der Waals surface area (Å²) in [7, 11) is 1.45. The summed E-state index contributed by atoms with van der Waals surface area (Å²) in [5, 5.41) is 0. The molecule has 0 saturated heterocycles. The van der Waals surface area contributed by atoms with Gasteiger partial charge in [-0.3, -0.25) is 0 Å². The van der Waals surface area contributed by atoms with Crippen LogP contribution in [0.5, 0.6) is 0 Å². The maximum Gasteiger partial charge on any atom is 0.215 e. The van der Waals surface area contributed by atoms with Crippen molar-refractivity contribution in [2.24, 2.45) is 7.05 Å². The van der Waals surface area contributed by atoms with Crippen LogP contribution >= 0.6 is 0 Å². The molecule has 17 heavy (non-hydrogen) atoms. The van der Waals surface area contributed by atoms with E-state index < -0.39 is 20.6 Å². The molecule has 1 aromatic carbocycles. The molecule has 88 valence electrons. The van der Waals surface area contributed by atoms with Crippen molar-refractivity contribution in [3.63, 3.8) is 0 Å². The smallest absolute Gasteiger partial charge is 0.198 e. The maximum absolute atomic E-state index is 7.82. The lowest BCUT2D eigenvalue weighted by molar-refractivity contribution is -0.667. The van der Waals surface area contributed by atoms with E-state index in [9.17, 15) is 0 Å². The van der Waals surface area contributed by atoms with Crippen molar-refractivity contribution in [2.45, 2.75) is 27.5 Å². The fourth-order valence-electron chi connectivity index (χ4n) is 1.94. The van der Waals surface area contributed by atoms with Crippen LogP contribution in [0.1, 0.15) is 34.7 Å². The molecule has 0 bridgehead atoms. The Bertz CT molecular complexity index is 829. The predicted octanol–water partition coefficient (Wildman–Crippen LogP) is 3.41. The number of hydrogen-bond donors (Lipinski definition) is 0. The molecule has 0 saturated carbocycles. The summed E-state index contributed by atoms with van der Waals surface area (Å²) in [5.41, 5.74) is 0.701. The van der Waals surface area contributed by atoms with Gasteiger partial charge < -0.3 is 0 Å². The molecule has 1 aromatic heterocycles. The summed E-state index contributed by atoms with van der Waals surface area (Å²) >= 11 is 0. The number of hydrogen-bond acceptors (Lipinski definition) is 0. The number of pyridine rings is 1. The number of rotatable bonds is 1. The van der Waals surface area contributed by atoms with Gasteiger partial charge in [-0.05, 0) is 37.8 Å². The highest BCUT2D eigenvalue weighted by Crippen LogP contribution is 2.26. The average molecular weight is 235 g/mol. The summed E-state index contributed by atoms with van der Waals surface area (Å²) in [5.74, 6) is 0. The highest BCUT2D eigenvalue weighted by atomic mass is 14.9. The SMILES string of the molecule is [2H]C([2H])([2H])c1cccc(C)c1-c1c(C([2H])([2H])[2H])ccc(C([2H])([2H])[2H])[n+]1C. The van der Waals surface area contributed by atoms with Crippen LogP contribution in [0.4, 0.5) is 0 Å². The van der Waals surface area contributed by atoms with E-state index in [0.717, 1.165) is 0 Å². The largest absolute Gasteiger partial charge is 0.215 e. The number of nitrogens with zero attached hydrogens (tertiary/aromatic N) is 1. The first kappa shape index (κ1) is 4.93. The van der Waals surface area contributed by atoms with E-state index in [1.54, 1.807) is 19.1 Å². The summed E-state index contributed by atoms with van der Waals surface area (Å²) in [6.07, 6.45) is 0. The molecule has 1 heteroatoms. The van der Waals surface area contributed by atoms with Crippen molar-refractivity contribution in [2.75, 3.05) is 0 Å². The number of aromatic nitrogens is 1. The molecule has 2 rings (SSSR count). The lowest BCUT2D eigenvalue weighted by Crippen LogP contribution is -2.35. The highest BCUT2D eigenvalue weighted by molar-refractivity contribution is 5.67. The Balaban J connectivity index is 3.03. The van der Waals surface area contributed by atoms with Crippen molar-refractivity contribution in [1.29, 1.82) is 0 Å². The molecule has 1 nitrogen and oxygen atoms in total. The first-order valence-electron chi connectivity index (χ1n) is 9.80. The molecule has 0 aliphatic heterocycles. The van der Waals surface area contributed by atoms with Gasteiger partial charge in [-0.1, -0.05) is 18.2 Å². The Morgan fingerprint density at radius 2 is 1.71 bits per heavy atom. The van der Waals surface area contributed by atoms with E-state index >= 15 is 0 Å². The normalized spacial score (nSPS) is 20.7. The fraction of sp³-hybridized carbons (Fsp3) is 0.312. The molecule has 0 unspecified atom stereocenters. The van der Waals surface area contributed by atoms with Gasteiger partial charge in [-0.15, -0.1) is 0 Å². The average Bonchev–Trinajstić information content (AvgIpc) is 2.43. The van der Waals surface area contributed by atoms with Crippen LogP contribution in [0.2, 0.25) is 0 Å². The highest BCUT2D eigenvalue weighted by Gasteiger charge is 2.18. The van der Waals surface area contributed by atoms with Gasteiger partial charge in [0, 0.05) is 30.8 Å². The third-order valence-electron chi connectivity index (χ3n) is 2.87. The molecule has 1 heterocycles. The van der Waals surface area contributed by atoms with Gasteiger partial charge in [0.2, 0.25) is 5.69 Å². The summed E-state index contributed by atoms with van der Waals surface area (Å²) in [6, 6.07) is 7.19. The van der Waals surface area contributed by atoms with E-state index in [1.165, 1.54) is 29.8 Å². The molecule has 0 radical (unpaired) electrons. The van der Waals surface area contributed by atoms with Crippen LogP contribution in [0.15, 0.2) is 30.3 Å². The number of aryl methyl sites for hydroxylation is 4. The van der Waals surface area contributed by atoms with Gasteiger partial charge >= 0.3 is 0 Å². The number of benzene rings is 1. The van der Waals surface area contributed by atoms with Crippen molar-refractivity contribution in [3.8, 4) is 11.3 Å². The van der Waals surface area contributed by atoms with Gasteiger partial charge in [0.1, 0.15) is 7.05 Å². The summed E-state index contributed by atoms with van der Waals surface area (Å²) in [6.45, 7) is -5.81. The Morgan fingerprint density at radius 3 is 2.41 bits per heavy atom. The lowest BCUT2D eigenvalue weighted by atomic mass is 9.96. The molecule has 0 spiro atoms. The minimum atomic E-state index is -2.53. The van der Waals surface area contributed by atoms with Crippen molar-refractivity contribution >= 4 is 0 Å². The topological polar surface area (TPSA) is 3.88 Å². The third kappa shape index (κ3) is 1.97. The first-order valence-corrected chi connectivity index (χ1v) is 5.30. The zero-order chi connectivity index (χ0) is 20.1. The van der Waals surface area contributed by atoms with Gasteiger partial charge in [-0.25, -0.2) is 0 Å². The Hall–Kier alpha value is -1.63. The Morgan fingerprint density at radius 1 is 0.941 bits per heavy atom. The van der Waals surface area contributed by atoms with Crippen molar-refractivity contribution in [1.82, 2.24) is 0 Å². The van der Waals surface area contributed by atoms with E-state index in [1.807, 2.05) is 0 Å². The Kier molecular flexibility index (Phi) is 1.25. The summed E-state index contributed by atoms with van der Waals surface area (Å²) < 4.78 is 71.2. The second-order valence-corrected chi connectivity index (χ2v) is 4.04. The molecule has 0 fully saturated rings. The lowest BCUT2D eigenvalue weighted by Gasteiger charge is -2.11. The van der Waals surface area contributed by atoms with Crippen LogP contribution in [0, 0.1) is 27.5 Å². The second-order valence-electron chi connectivity index (χ2n) is 4.04. The van der Waals surface area contributed by atoms with Gasteiger partial charge in [0.25, 0.3) is 0 Å². The van der Waals surface area contributed by atoms with Crippen molar-refractivity contribution < 1.29 is 16.9 Å². The molecular formula is C16H20N+. The fourth-order valence-corrected chi connectivity index (χ4v) is 1.94. The van der Waals surface area contributed by atoms with Crippen LogP contribution in [-0.4, -0.2) is 0 Å². The van der Waals surface area contributed by atoms with Crippen LogP contribution < -0.4 is 4.57 Å². The third-order valence-corrected chi connectivity index (χ3v) is 2.87. The zero-order valence-electron chi connectivity index (χ0n) is 18.8. The molecule has 0 N–H and O–H groups in total. The minimum absolute atomic E-state index is 0.0127. The summed E-state index contributed by atoms with van der Waals surface area (Å²) in [4.78, 5) is 0. The molecule has 2 aromatic rings. The molecule has 0 aliphatic rings. The van der Waals surface area contributed by atoms with Crippen molar-refractivity contribution in [3.05, 3.63) is 52.7 Å². The van der Waals surface area contributed by atoms with E-state index in [4.69, 9.17) is 12.3 Å². The Labute approximate surface area is 116 Å². The standard InChI is InChI=1S/C16H20N/c1-11-7-6-8-12(2)15(11)16-13(3)9-10-14(4)17(16)5/h6-10H,1-5H3/q+1/i1D3,3D3,4D3. The molecule has 0 aliphatic carbocycles. The quantitative estimate of drug-likeness (QED) is 0.667. The predicted molar refractivity (Wildman–Crippen MR) is 72.0 cm³/mol. The minimum Gasteiger partial charge on any atom is -0.198 e.